The van der Waals surface area contributed by atoms with Gasteiger partial charge in [-0.2, -0.15) is 31.4 Å². The SMILES string of the molecule is Cn1ccc(CC(=O)C(C(F)(F)F)C(F)(F)F)n1. The van der Waals surface area contributed by atoms with Crippen molar-refractivity contribution in [3.63, 3.8) is 0 Å². The van der Waals surface area contributed by atoms with Gasteiger partial charge in [0.1, 0.15) is 0 Å². The number of carbonyl (C=O) groups excluding carboxylic acids is 1. The molecule has 3 nitrogen and oxygen atoms in total. The van der Waals surface area contributed by atoms with Gasteiger partial charge in [-0.05, 0) is 6.07 Å². The fourth-order valence-electron chi connectivity index (χ4n) is 1.39. The normalized spacial score (nSPS) is 13.1. The number of halogens is 6. The molecule has 0 unspecified atom stereocenters. The average molecular weight is 274 g/mol. The van der Waals surface area contributed by atoms with Crippen LogP contribution in [0, 0.1) is 5.92 Å². The monoisotopic (exact) mass is 274 g/mol. The third-order valence-corrected chi connectivity index (χ3v) is 2.10. The molecule has 1 rings (SSSR count). The Morgan fingerprint density at radius 3 is 2.11 bits per heavy atom. The Morgan fingerprint density at radius 2 is 1.78 bits per heavy atom. The summed E-state index contributed by atoms with van der Waals surface area (Å²) in [4.78, 5) is 11.1. The zero-order valence-electron chi connectivity index (χ0n) is 9.01. The van der Waals surface area contributed by atoms with Crippen LogP contribution in [0.5, 0.6) is 0 Å². The Labute approximate surface area is 97.4 Å². The topological polar surface area (TPSA) is 34.9 Å². The van der Waals surface area contributed by atoms with Gasteiger partial charge in [-0.1, -0.05) is 0 Å². The van der Waals surface area contributed by atoms with Gasteiger partial charge < -0.3 is 0 Å². The smallest absolute Gasteiger partial charge is 0.298 e. The van der Waals surface area contributed by atoms with Gasteiger partial charge in [0.25, 0.3) is 0 Å². The molecule has 0 saturated carbocycles. The van der Waals surface area contributed by atoms with Crippen molar-refractivity contribution in [3.05, 3.63) is 18.0 Å². The van der Waals surface area contributed by atoms with Crippen molar-refractivity contribution in [1.82, 2.24) is 9.78 Å². The molecule has 9 heteroatoms. The molecule has 0 aliphatic carbocycles. The molecule has 0 aliphatic heterocycles. The van der Waals surface area contributed by atoms with E-state index in [0.29, 0.717) is 0 Å². The fraction of sp³-hybridized carbons (Fsp3) is 0.556. The number of nitrogens with zero attached hydrogens (tertiary/aromatic N) is 2. The summed E-state index contributed by atoms with van der Waals surface area (Å²) in [6.45, 7) is 0. The second-order valence-electron chi connectivity index (χ2n) is 3.64. The molecule has 102 valence electrons. The first-order chi connectivity index (χ1) is 8.01. The summed E-state index contributed by atoms with van der Waals surface area (Å²) in [6.07, 6.45) is -11.0. The molecule has 1 aromatic rings. The zero-order valence-corrected chi connectivity index (χ0v) is 9.01. The van der Waals surface area contributed by atoms with Crippen LogP contribution in [0.4, 0.5) is 26.3 Å². The lowest BCUT2D eigenvalue weighted by Gasteiger charge is -2.21. The Balaban J connectivity index is 2.91. The van der Waals surface area contributed by atoms with Crippen LogP contribution in [0.3, 0.4) is 0 Å². The van der Waals surface area contributed by atoms with Crippen molar-refractivity contribution >= 4 is 5.78 Å². The number of carbonyl (C=O) groups is 1. The van der Waals surface area contributed by atoms with Crippen molar-refractivity contribution < 1.29 is 31.1 Å². The molecule has 0 amide bonds. The van der Waals surface area contributed by atoms with Crippen LogP contribution in [0.1, 0.15) is 5.69 Å². The van der Waals surface area contributed by atoms with Crippen molar-refractivity contribution in [3.8, 4) is 0 Å². The number of alkyl halides is 6. The molecule has 0 aliphatic rings. The first-order valence-corrected chi connectivity index (χ1v) is 4.66. The minimum absolute atomic E-state index is 0.138. The third kappa shape index (κ3) is 3.47. The molecule has 1 aromatic heterocycles. The van der Waals surface area contributed by atoms with E-state index in [1.54, 1.807) is 0 Å². The summed E-state index contributed by atoms with van der Waals surface area (Å²) >= 11 is 0. The van der Waals surface area contributed by atoms with Crippen molar-refractivity contribution in [1.29, 1.82) is 0 Å². The van der Waals surface area contributed by atoms with E-state index < -0.39 is 30.5 Å². The van der Waals surface area contributed by atoms with Gasteiger partial charge in [0.05, 0.1) is 12.1 Å². The fourth-order valence-corrected chi connectivity index (χ4v) is 1.39. The number of hydrogen-bond donors (Lipinski definition) is 0. The molecule has 0 atom stereocenters. The van der Waals surface area contributed by atoms with Crippen molar-refractivity contribution in [2.45, 2.75) is 18.8 Å². The van der Waals surface area contributed by atoms with E-state index in [-0.39, 0.29) is 5.69 Å². The maximum Gasteiger partial charge on any atom is 0.407 e. The minimum Gasteiger partial charge on any atom is -0.298 e. The van der Waals surface area contributed by atoms with E-state index in [2.05, 4.69) is 5.10 Å². The largest absolute Gasteiger partial charge is 0.407 e. The lowest BCUT2D eigenvalue weighted by molar-refractivity contribution is -0.273. The summed E-state index contributed by atoms with van der Waals surface area (Å²) < 4.78 is 74.4. The van der Waals surface area contributed by atoms with Gasteiger partial charge in [0, 0.05) is 13.2 Å². The van der Waals surface area contributed by atoms with E-state index >= 15 is 0 Å². The molecular formula is C9H8F6N2O. The number of rotatable bonds is 3. The van der Waals surface area contributed by atoms with Crippen LogP contribution in [0.25, 0.3) is 0 Å². The molecule has 0 aromatic carbocycles. The Bertz CT molecular complexity index is 419. The highest BCUT2D eigenvalue weighted by Gasteiger charge is 2.60. The second kappa shape index (κ2) is 4.62. The van der Waals surface area contributed by atoms with Crippen LogP contribution < -0.4 is 0 Å². The highest BCUT2D eigenvalue weighted by atomic mass is 19.4. The standard InChI is InChI=1S/C9H8F6N2O/c1-17-3-2-5(16-17)4-6(18)7(8(10,11)12)9(13,14)15/h2-3,7H,4H2,1H3. The first kappa shape index (κ1) is 14.5. The Kier molecular flexibility index (Phi) is 3.72. The first-order valence-electron chi connectivity index (χ1n) is 4.66. The summed E-state index contributed by atoms with van der Waals surface area (Å²) in [5.74, 6) is -5.93. The second-order valence-corrected chi connectivity index (χ2v) is 3.64. The highest BCUT2D eigenvalue weighted by molar-refractivity contribution is 5.84. The quantitative estimate of drug-likeness (QED) is 0.792. The Hall–Kier alpha value is -1.54. The van der Waals surface area contributed by atoms with E-state index in [1.165, 1.54) is 24.0 Å². The molecule has 1 heterocycles. The zero-order chi connectivity index (χ0) is 14.1. The lowest BCUT2D eigenvalue weighted by atomic mass is 9.99. The predicted molar refractivity (Wildman–Crippen MR) is 47.5 cm³/mol. The van der Waals surface area contributed by atoms with Crippen molar-refractivity contribution in [2.24, 2.45) is 13.0 Å². The molecule has 0 radical (unpaired) electrons. The molecular weight excluding hydrogens is 266 g/mol. The summed E-state index contributed by atoms with van der Waals surface area (Å²) in [5, 5.41) is 3.56. The maximum absolute atomic E-state index is 12.2. The number of Topliss-reactive ketones (excluding diaryl/α,β-unsaturated/α-hetero) is 1. The van der Waals surface area contributed by atoms with Crippen molar-refractivity contribution in [2.75, 3.05) is 0 Å². The van der Waals surface area contributed by atoms with Crippen LogP contribution in [0.2, 0.25) is 0 Å². The maximum atomic E-state index is 12.2. The van der Waals surface area contributed by atoms with Gasteiger partial charge in [0.15, 0.2) is 5.78 Å². The van der Waals surface area contributed by atoms with E-state index in [9.17, 15) is 31.1 Å². The minimum atomic E-state index is -5.65. The van der Waals surface area contributed by atoms with E-state index in [1.807, 2.05) is 0 Å². The molecule has 0 fully saturated rings. The number of ketones is 1. The van der Waals surface area contributed by atoms with E-state index in [4.69, 9.17) is 0 Å². The Morgan fingerprint density at radius 1 is 1.28 bits per heavy atom. The van der Waals surface area contributed by atoms with Crippen LogP contribution >= 0.6 is 0 Å². The highest BCUT2D eigenvalue weighted by Crippen LogP contribution is 2.40. The van der Waals surface area contributed by atoms with Crippen LogP contribution in [-0.4, -0.2) is 27.9 Å². The molecule has 0 bridgehead atoms. The molecule has 0 spiro atoms. The van der Waals surface area contributed by atoms with Crippen LogP contribution in [0.15, 0.2) is 12.3 Å². The summed E-state index contributed by atoms with van der Waals surface area (Å²) in [6, 6.07) is 1.18. The summed E-state index contributed by atoms with van der Waals surface area (Å²) in [5.41, 5.74) is -0.138. The van der Waals surface area contributed by atoms with Gasteiger partial charge >= 0.3 is 12.4 Å². The number of aromatic nitrogens is 2. The molecule has 18 heavy (non-hydrogen) atoms. The molecule has 0 N–H and O–H groups in total. The van der Waals surface area contributed by atoms with Gasteiger partial charge in [-0.3, -0.25) is 9.48 Å². The average Bonchev–Trinajstić information content (AvgIpc) is 2.44. The van der Waals surface area contributed by atoms with Gasteiger partial charge in [-0.15, -0.1) is 0 Å². The number of hydrogen-bond acceptors (Lipinski definition) is 2. The van der Waals surface area contributed by atoms with E-state index in [0.717, 1.165) is 0 Å². The molecule has 0 saturated heterocycles. The van der Waals surface area contributed by atoms with Crippen LogP contribution in [-0.2, 0) is 18.3 Å². The predicted octanol–water partition coefficient (Wildman–Crippen LogP) is 2.27. The summed E-state index contributed by atoms with van der Waals surface area (Å²) in [7, 11) is 1.43. The number of aryl methyl sites for hydroxylation is 1. The van der Waals surface area contributed by atoms with Gasteiger partial charge in [0.2, 0.25) is 5.92 Å². The lowest BCUT2D eigenvalue weighted by Crippen LogP contribution is -2.43. The third-order valence-electron chi connectivity index (χ3n) is 2.10. The van der Waals surface area contributed by atoms with Gasteiger partial charge in [-0.25, -0.2) is 0 Å².